The van der Waals surface area contributed by atoms with Crippen LogP contribution in [0.1, 0.15) is 24.8 Å². The van der Waals surface area contributed by atoms with E-state index in [9.17, 15) is 0 Å². The zero-order chi connectivity index (χ0) is 13.4. The quantitative estimate of drug-likeness (QED) is 0.267. The van der Waals surface area contributed by atoms with Gasteiger partial charge < -0.3 is 15.8 Å². The van der Waals surface area contributed by atoms with Gasteiger partial charge in [0.05, 0.1) is 0 Å². The van der Waals surface area contributed by atoms with Crippen molar-refractivity contribution >= 4 is 21.8 Å². The van der Waals surface area contributed by atoms with Crippen molar-refractivity contribution in [3.63, 3.8) is 0 Å². The predicted molar refractivity (Wildman–Crippen MR) is 77.7 cm³/mol. The van der Waals surface area contributed by atoms with Crippen LogP contribution >= 0.6 is 15.9 Å². The lowest BCUT2D eigenvalue weighted by Gasteiger charge is -2.16. The SMILES string of the molecule is CN(CCCC/C(N)=N/O)Cc1ccc(Br)cc1. The largest absolute Gasteiger partial charge is 0.409 e. The zero-order valence-corrected chi connectivity index (χ0v) is 12.2. The molecule has 0 saturated carbocycles. The van der Waals surface area contributed by atoms with E-state index in [1.54, 1.807) is 0 Å². The second-order valence-corrected chi connectivity index (χ2v) is 5.33. The van der Waals surface area contributed by atoms with Gasteiger partial charge in [-0.3, -0.25) is 0 Å². The van der Waals surface area contributed by atoms with E-state index in [0.717, 1.165) is 30.4 Å². The summed E-state index contributed by atoms with van der Waals surface area (Å²) in [5.74, 6) is 0.311. The van der Waals surface area contributed by atoms with Crippen molar-refractivity contribution in [2.75, 3.05) is 13.6 Å². The van der Waals surface area contributed by atoms with Gasteiger partial charge in [-0.25, -0.2) is 0 Å². The Morgan fingerprint density at radius 2 is 2.00 bits per heavy atom. The molecule has 0 saturated heterocycles. The van der Waals surface area contributed by atoms with Gasteiger partial charge in [0.1, 0.15) is 5.84 Å². The molecule has 0 heterocycles. The van der Waals surface area contributed by atoms with E-state index in [0.29, 0.717) is 12.3 Å². The predicted octanol–water partition coefficient (Wildman–Crippen LogP) is 2.80. The minimum absolute atomic E-state index is 0.311. The first-order chi connectivity index (χ1) is 8.61. The number of benzene rings is 1. The smallest absolute Gasteiger partial charge is 0.139 e. The van der Waals surface area contributed by atoms with E-state index in [-0.39, 0.29) is 0 Å². The van der Waals surface area contributed by atoms with Gasteiger partial charge in [-0.15, -0.1) is 0 Å². The lowest BCUT2D eigenvalue weighted by Crippen LogP contribution is -2.19. The van der Waals surface area contributed by atoms with Crippen LogP contribution in [0.5, 0.6) is 0 Å². The van der Waals surface area contributed by atoms with Crippen LogP contribution in [-0.4, -0.2) is 29.5 Å². The molecule has 0 aliphatic rings. The van der Waals surface area contributed by atoms with E-state index in [2.05, 4.69) is 57.3 Å². The third kappa shape index (κ3) is 6.02. The van der Waals surface area contributed by atoms with Gasteiger partial charge in [-0.05, 0) is 44.1 Å². The molecular weight excluding hydrogens is 294 g/mol. The van der Waals surface area contributed by atoms with Crippen LogP contribution in [0.2, 0.25) is 0 Å². The molecule has 0 spiro atoms. The molecule has 0 unspecified atom stereocenters. The molecule has 4 nitrogen and oxygen atoms in total. The first-order valence-corrected chi connectivity index (χ1v) is 6.80. The molecule has 0 fully saturated rings. The maximum absolute atomic E-state index is 8.41. The fourth-order valence-electron chi connectivity index (χ4n) is 1.72. The molecular formula is C13H20BrN3O. The minimum atomic E-state index is 0.311. The van der Waals surface area contributed by atoms with E-state index in [4.69, 9.17) is 10.9 Å². The molecule has 0 aliphatic carbocycles. The average Bonchev–Trinajstić information content (AvgIpc) is 2.37. The zero-order valence-electron chi connectivity index (χ0n) is 10.6. The first kappa shape index (κ1) is 15.0. The Balaban J connectivity index is 2.21. The molecule has 0 bridgehead atoms. The number of hydrogen-bond donors (Lipinski definition) is 2. The number of rotatable bonds is 7. The Hall–Kier alpha value is -1.07. The van der Waals surface area contributed by atoms with Gasteiger partial charge >= 0.3 is 0 Å². The van der Waals surface area contributed by atoms with Crippen LogP contribution in [0.15, 0.2) is 33.9 Å². The van der Waals surface area contributed by atoms with E-state index in [1.807, 2.05) is 0 Å². The van der Waals surface area contributed by atoms with Gasteiger partial charge in [0.2, 0.25) is 0 Å². The summed E-state index contributed by atoms with van der Waals surface area (Å²) < 4.78 is 1.10. The topological polar surface area (TPSA) is 61.8 Å². The monoisotopic (exact) mass is 313 g/mol. The Kier molecular flexibility index (Phi) is 6.75. The summed E-state index contributed by atoms with van der Waals surface area (Å²) in [5, 5.41) is 11.4. The fraction of sp³-hybridized carbons (Fsp3) is 0.462. The summed E-state index contributed by atoms with van der Waals surface area (Å²) in [6.07, 6.45) is 2.65. The number of amidine groups is 1. The highest BCUT2D eigenvalue weighted by atomic mass is 79.9. The molecule has 0 atom stereocenters. The van der Waals surface area contributed by atoms with Crippen molar-refractivity contribution in [2.45, 2.75) is 25.8 Å². The molecule has 3 N–H and O–H groups in total. The first-order valence-electron chi connectivity index (χ1n) is 6.01. The summed E-state index contributed by atoms with van der Waals surface area (Å²) in [5.41, 5.74) is 6.71. The maximum Gasteiger partial charge on any atom is 0.139 e. The number of nitrogens with zero attached hydrogens (tertiary/aromatic N) is 2. The molecule has 0 radical (unpaired) electrons. The Bertz CT molecular complexity index is 378. The number of nitrogens with two attached hydrogens (primary N) is 1. The highest BCUT2D eigenvalue weighted by Crippen LogP contribution is 2.12. The number of halogens is 1. The van der Waals surface area contributed by atoms with E-state index < -0.39 is 0 Å². The van der Waals surface area contributed by atoms with E-state index in [1.165, 1.54) is 5.56 Å². The van der Waals surface area contributed by atoms with Crippen LogP contribution in [0.3, 0.4) is 0 Å². The summed E-state index contributed by atoms with van der Waals surface area (Å²) in [4.78, 5) is 2.27. The van der Waals surface area contributed by atoms with Gasteiger partial charge in [-0.2, -0.15) is 0 Å². The number of unbranched alkanes of at least 4 members (excludes halogenated alkanes) is 1. The molecule has 18 heavy (non-hydrogen) atoms. The van der Waals surface area contributed by atoms with Crippen molar-refractivity contribution < 1.29 is 5.21 Å². The van der Waals surface area contributed by atoms with Crippen molar-refractivity contribution in [3.05, 3.63) is 34.3 Å². The molecule has 0 aliphatic heterocycles. The minimum Gasteiger partial charge on any atom is -0.409 e. The second kappa shape index (κ2) is 8.11. The molecule has 0 amide bonds. The lowest BCUT2D eigenvalue weighted by atomic mass is 10.2. The lowest BCUT2D eigenvalue weighted by molar-refractivity contribution is 0.312. The van der Waals surface area contributed by atoms with E-state index >= 15 is 0 Å². The van der Waals surface area contributed by atoms with Crippen LogP contribution in [0.4, 0.5) is 0 Å². The van der Waals surface area contributed by atoms with Crippen molar-refractivity contribution in [3.8, 4) is 0 Å². The molecule has 5 heteroatoms. The third-order valence-corrected chi connectivity index (χ3v) is 3.25. The summed E-state index contributed by atoms with van der Waals surface area (Å²) >= 11 is 3.43. The number of hydrogen-bond acceptors (Lipinski definition) is 3. The highest BCUT2D eigenvalue weighted by molar-refractivity contribution is 9.10. The normalized spacial score (nSPS) is 12.1. The number of oxime groups is 1. The molecule has 0 aromatic heterocycles. The summed E-state index contributed by atoms with van der Waals surface area (Å²) in [6.45, 7) is 1.95. The van der Waals surface area contributed by atoms with Crippen LogP contribution in [0, 0.1) is 0 Å². The Morgan fingerprint density at radius 1 is 1.33 bits per heavy atom. The highest BCUT2D eigenvalue weighted by Gasteiger charge is 2.01. The van der Waals surface area contributed by atoms with Crippen LogP contribution in [0.25, 0.3) is 0 Å². The van der Waals surface area contributed by atoms with Gasteiger partial charge in [0, 0.05) is 17.4 Å². The maximum atomic E-state index is 8.41. The van der Waals surface area contributed by atoms with Crippen LogP contribution < -0.4 is 5.73 Å². The molecule has 100 valence electrons. The van der Waals surface area contributed by atoms with Crippen molar-refractivity contribution in [2.24, 2.45) is 10.9 Å². The Labute approximate surface area is 117 Å². The third-order valence-electron chi connectivity index (χ3n) is 2.72. The molecule has 1 aromatic rings. The van der Waals surface area contributed by atoms with Crippen molar-refractivity contribution in [1.82, 2.24) is 4.90 Å². The second-order valence-electron chi connectivity index (χ2n) is 4.41. The molecule has 1 rings (SSSR count). The standard InChI is InChI=1S/C13H20BrN3O/c1-17(9-3-2-4-13(15)16-18)10-11-5-7-12(14)8-6-11/h5-8,18H,2-4,9-10H2,1H3,(H2,15,16). The van der Waals surface area contributed by atoms with Gasteiger partial charge in [-0.1, -0.05) is 33.2 Å². The summed E-state index contributed by atoms with van der Waals surface area (Å²) in [7, 11) is 2.10. The summed E-state index contributed by atoms with van der Waals surface area (Å²) in [6, 6.07) is 8.36. The molecule has 1 aromatic carbocycles. The van der Waals surface area contributed by atoms with Crippen LogP contribution in [-0.2, 0) is 6.54 Å². The fourth-order valence-corrected chi connectivity index (χ4v) is 1.98. The Morgan fingerprint density at radius 3 is 2.61 bits per heavy atom. The van der Waals surface area contributed by atoms with Gasteiger partial charge in [0.25, 0.3) is 0 Å². The van der Waals surface area contributed by atoms with Gasteiger partial charge in [0.15, 0.2) is 0 Å². The van der Waals surface area contributed by atoms with Crippen molar-refractivity contribution in [1.29, 1.82) is 0 Å². The average molecular weight is 314 g/mol.